The smallest absolute Gasteiger partial charge is 0.146 e. The van der Waals surface area contributed by atoms with Crippen molar-refractivity contribution in [3.8, 4) is 24.2 Å². The molecule has 1 heteroatoms. The Morgan fingerprint density at radius 3 is 2.69 bits per heavy atom. The number of allylic oxidation sites excluding steroid dienone is 2. The molecule has 84 valence electrons. The summed E-state index contributed by atoms with van der Waals surface area (Å²) >= 11 is 0. The zero-order valence-electron chi connectivity index (χ0n) is 9.72. The molecule has 0 radical (unpaired) electrons. The summed E-state index contributed by atoms with van der Waals surface area (Å²) < 4.78 is 0. The van der Waals surface area contributed by atoms with E-state index in [0.29, 0.717) is 0 Å². The van der Waals surface area contributed by atoms with Crippen LogP contribution in [0.5, 0.6) is 0 Å². The van der Waals surface area contributed by atoms with Crippen molar-refractivity contribution in [3.63, 3.8) is 0 Å². The Labute approximate surface area is 98.3 Å². The first-order valence-corrected chi connectivity index (χ1v) is 5.98. The average molecular weight is 214 g/mol. The molecule has 0 N–H and O–H groups in total. The maximum Gasteiger partial charge on any atom is 0.146 e. The quantitative estimate of drug-likeness (QED) is 0.399. The van der Waals surface area contributed by atoms with Crippen molar-refractivity contribution in [1.29, 1.82) is 0 Å². The van der Waals surface area contributed by atoms with Gasteiger partial charge >= 0.3 is 0 Å². The lowest BCUT2D eigenvalue weighted by Crippen LogP contribution is -1.99. The van der Waals surface area contributed by atoms with Crippen molar-refractivity contribution >= 4 is 6.29 Å². The number of aldehydes is 1. The zero-order valence-corrected chi connectivity index (χ0v) is 9.72. The number of unbranched alkanes of at least 4 members (excludes halogenated alkanes) is 3. The molecule has 0 saturated heterocycles. The molecule has 1 aliphatic carbocycles. The van der Waals surface area contributed by atoms with E-state index in [1.165, 1.54) is 6.42 Å². The highest BCUT2D eigenvalue weighted by Crippen LogP contribution is 2.22. The third-order valence-corrected chi connectivity index (χ3v) is 2.76. The van der Waals surface area contributed by atoms with Gasteiger partial charge in [0.05, 0.1) is 0 Å². The van der Waals surface area contributed by atoms with Crippen LogP contribution in [0.3, 0.4) is 0 Å². The molecule has 0 heterocycles. The fraction of sp³-hybridized carbons (Fsp3) is 0.533. The molecule has 1 aliphatic rings. The minimum absolute atomic E-state index is 0.837. The van der Waals surface area contributed by atoms with Gasteiger partial charge in [-0.1, -0.05) is 11.8 Å². The SMILES string of the molecule is C#CCCCCC#CC1=C(C=O)CCCC1. The molecule has 0 aliphatic heterocycles. The number of carbonyl (C=O) groups excluding carboxylic acids is 1. The Hall–Kier alpha value is -1.47. The van der Waals surface area contributed by atoms with Crippen molar-refractivity contribution in [2.24, 2.45) is 0 Å². The Bertz CT molecular complexity index is 357. The molecule has 0 amide bonds. The molecule has 0 aromatic rings. The summed E-state index contributed by atoms with van der Waals surface area (Å²) in [4.78, 5) is 10.8. The molecule has 0 unspecified atom stereocenters. The summed E-state index contributed by atoms with van der Waals surface area (Å²) in [5.41, 5.74) is 1.99. The van der Waals surface area contributed by atoms with Gasteiger partial charge in [-0.15, -0.1) is 12.3 Å². The lowest BCUT2D eigenvalue weighted by atomic mass is 9.93. The second-order valence-corrected chi connectivity index (χ2v) is 4.04. The van der Waals surface area contributed by atoms with Gasteiger partial charge < -0.3 is 0 Å². The van der Waals surface area contributed by atoms with E-state index in [9.17, 15) is 4.79 Å². The van der Waals surface area contributed by atoms with E-state index in [4.69, 9.17) is 6.42 Å². The van der Waals surface area contributed by atoms with E-state index in [2.05, 4.69) is 17.8 Å². The number of rotatable bonds is 4. The van der Waals surface area contributed by atoms with Crippen LogP contribution in [-0.4, -0.2) is 6.29 Å². The maximum absolute atomic E-state index is 10.8. The van der Waals surface area contributed by atoms with E-state index in [-0.39, 0.29) is 0 Å². The highest BCUT2D eigenvalue weighted by molar-refractivity contribution is 5.76. The molecule has 0 atom stereocenters. The Kier molecular flexibility index (Phi) is 6.12. The molecule has 0 aromatic heterocycles. The van der Waals surface area contributed by atoms with Gasteiger partial charge in [0.2, 0.25) is 0 Å². The molecule has 0 fully saturated rings. The van der Waals surface area contributed by atoms with Crippen molar-refractivity contribution in [2.75, 3.05) is 0 Å². The van der Waals surface area contributed by atoms with E-state index in [0.717, 1.165) is 62.4 Å². The van der Waals surface area contributed by atoms with Crippen LogP contribution < -0.4 is 0 Å². The normalized spacial score (nSPS) is 14.9. The molecule has 1 nitrogen and oxygen atoms in total. The summed E-state index contributed by atoms with van der Waals surface area (Å²) in [6.07, 6.45) is 14.1. The van der Waals surface area contributed by atoms with Crippen molar-refractivity contribution < 1.29 is 4.79 Å². The standard InChI is InChI=1S/C15H18O/c1-2-3-4-5-6-7-10-14-11-8-9-12-15(14)13-16/h1,13H,3-6,8-9,11-12H2. The van der Waals surface area contributed by atoms with Gasteiger partial charge in [0, 0.05) is 24.0 Å². The topological polar surface area (TPSA) is 17.1 Å². The summed E-state index contributed by atoms with van der Waals surface area (Å²) in [6.45, 7) is 0. The molecular weight excluding hydrogens is 196 g/mol. The fourth-order valence-electron chi connectivity index (χ4n) is 1.81. The van der Waals surface area contributed by atoms with E-state index >= 15 is 0 Å². The van der Waals surface area contributed by atoms with Crippen molar-refractivity contribution in [2.45, 2.75) is 51.4 Å². The Morgan fingerprint density at radius 2 is 1.94 bits per heavy atom. The second kappa shape index (κ2) is 7.77. The van der Waals surface area contributed by atoms with Gasteiger partial charge in [-0.2, -0.15) is 0 Å². The predicted molar refractivity (Wildman–Crippen MR) is 66.6 cm³/mol. The van der Waals surface area contributed by atoms with E-state index in [1.54, 1.807) is 0 Å². The second-order valence-electron chi connectivity index (χ2n) is 4.04. The number of hydrogen-bond donors (Lipinski definition) is 0. The van der Waals surface area contributed by atoms with Gasteiger partial charge in [0.15, 0.2) is 0 Å². The summed E-state index contributed by atoms with van der Waals surface area (Å²) in [6, 6.07) is 0. The largest absolute Gasteiger partial charge is 0.298 e. The van der Waals surface area contributed by atoms with Crippen LogP contribution in [-0.2, 0) is 4.79 Å². The number of terminal acetylenes is 1. The minimum Gasteiger partial charge on any atom is -0.298 e. The van der Waals surface area contributed by atoms with Gasteiger partial charge in [-0.3, -0.25) is 4.79 Å². The molecule has 1 rings (SSSR count). The molecule has 0 aromatic carbocycles. The summed E-state index contributed by atoms with van der Waals surface area (Å²) in [7, 11) is 0. The molecule has 16 heavy (non-hydrogen) atoms. The summed E-state index contributed by atoms with van der Waals surface area (Å²) in [5, 5.41) is 0. The molecular formula is C15H18O. The lowest BCUT2D eigenvalue weighted by Gasteiger charge is -2.11. The Balaban J connectivity index is 2.40. The van der Waals surface area contributed by atoms with Crippen LogP contribution in [0.15, 0.2) is 11.1 Å². The van der Waals surface area contributed by atoms with Crippen LogP contribution in [0.1, 0.15) is 51.4 Å². The first kappa shape index (κ1) is 12.6. The van der Waals surface area contributed by atoms with Crippen LogP contribution >= 0.6 is 0 Å². The first-order chi connectivity index (χ1) is 7.88. The van der Waals surface area contributed by atoms with Crippen molar-refractivity contribution in [1.82, 2.24) is 0 Å². The minimum atomic E-state index is 0.837. The lowest BCUT2D eigenvalue weighted by molar-refractivity contribution is -0.105. The number of carbonyl (C=O) groups is 1. The third-order valence-electron chi connectivity index (χ3n) is 2.76. The Morgan fingerprint density at radius 1 is 1.19 bits per heavy atom. The predicted octanol–water partition coefficient (Wildman–Crippen LogP) is 3.25. The monoisotopic (exact) mass is 214 g/mol. The van der Waals surface area contributed by atoms with E-state index < -0.39 is 0 Å². The first-order valence-electron chi connectivity index (χ1n) is 5.98. The number of hydrogen-bond acceptors (Lipinski definition) is 1. The molecule has 0 spiro atoms. The fourth-order valence-corrected chi connectivity index (χ4v) is 1.81. The van der Waals surface area contributed by atoms with Crippen LogP contribution in [0.25, 0.3) is 0 Å². The van der Waals surface area contributed by atoms with Gasteiger partial charge in [0.1, 0.15) is 6.29 Å². The maximum atomic E-state index is 10.8. The van der Waals surface area contributed by atoms with Crippen LogP contribution in [0, 0.1) is 24.2 Å². The highest BCUT2D eigenvalue weighted by atomic mass is 16.1. The van der Waals surface area contributed by atoms with Crippen LogP contribution in [0.2, 0.25) is 0 Å². The third kappa shape index (κ3) is 4.37. The molecule has 0 saturated carbocycles. The summed E-state index contributed by atoms with van der Waals surface area (Å²) in [5.74, 6) is 8.91. The zero-order chi connectivity index (χ0) is 11.6. The van der Waals surface area contributed by atoms with Crippen LogP contribution in [0.4, 0.5) is 0 Å². The highest BCUT2D eigenvalue weighted by Gasteiger charge is 2.09. The van der Waals surface area contributed by atoms with E-state index in [1.807, 2.05) is 0 Å². The van der Waals surface area contributed by atoms with Gasteiger partial charge in [-0.05, 0) is 38.5 Å². The van der Waals surface area contributed by atoms with Crippen molar-refractivity contribution in [3.05, 3.63) is 11.1 Å². The van der Waals surface area contributed by atoms with Gasteiger partial charge in [0.25, 0.3) is 0 Å². The molecule has 0 bridgehead atoms. The average Bonchev–Trinajstić information content (AvgIpc) is 2.34. The van der Waals surface area contributed by atoms with Gasteiger partial charge in [-0.25, -0.2) is 0 Å².